The van der Waals surface area contributed by atoms with E-state index in [1.54, 1.807) is 20.0 Å². The number of nitro benzene ring substituents is 1. The van der Waals surface area contributed by atoms with Crippen LogP contribution >= 0.6 is 0 Å². The second-order valence-electron chi connectivity index (χ2n) is 5.10. The van der Waals surface area contributed by atoms with Gasteiger partial charge in [-0.3, -0.25) is 15.4 Å². The van der Waals surface area contributed by atoms with Gasteiger partial charge in [0.05, 0.1) is 11.0 Å². The van der Waals surface area contributed by atoms with Gasteiger partial charge in [0, 0.05) is 12.1 Å². The van der Waals surface area contributed by atoms with Crippen molar-refractivity contribution in [3.05, 3.63) is 33.9 Å². The molecule has 1 fully saturated rings. The van der Waals surface area contributed by atoms with Crippen molar-refractivity contribution in [2.24, 2.45) is 5.92 Å². The van der Waals surface area contributed by atoms with E-state index in [9.17, 15) is 15.4 Å². The summed E-state index contributed by atoms with van der Waals surface area (Å²) in [5, 5.41) is 23.1. The summed E-state index contributed by atoms with van der Waals surface area (Å²) in [7, 11) is 1.76. The molecule has 1 saturated carbocycles. The van der Waals surface area contributed by atoms with Crippen LogP contribution in [-0.2, 0) is 0 Å². The minimum Gasteiger partial charge on any atom is -0.490 e. The van der Waals surface area contributed by atoms with Gasteiger partial charge in [0.25, 0.3) is 5.69 Å². The van der Waals surface area contributed by atoms with Gasteiger partial charge in [-0.25, -0.2) is 0 Å². The van der Waals surface area contributed by atoms with Crippen LogP contribution in [-0.4, -0.2) is 24.1 Å². The van der Waals surface area contributed by atoms with Crippen LogP contribution in [0.1, 0.15) is 18.4 Å². The molecule has 1 N–H and O–H groups in total. The first-order valence-corrected chi connectivity index (χ1v) is 6.50. The number of benzene rings is 1. The second-order valence-corrected chi connectivity index (χ2v) is 5.10. The SMILES string of the molecule is CNC(C#N)(COc1ccc([N+](=O)[O-])cc1C)C1CC1. The van der Waals surface area contributed by atoms with Crippen LogP contribution in [0.4, 0.5) is 5.69 Å². The molecular formula is C14H17N3O3. The maximum absolute atomic E-state index is 10.7. The molecule has 0 spiro atoms. The number of nitro groups is 1. The Kier molecular flexibility index (Phi) is 3.91. The summed E-state index contributed by atoms with van der Waals surface area (Å²) >= 11 is 0. The molecule has 0 heterocycles. The minimum absolute atomic E-state index is 0.0391. The topological polar surface area (TPSA) is 88.2 Å². The predicted molar refractivity (Wildman–Crippen MR) is 73.5 cm³/mol. The van der Waals surface area contributed by atoms with Gasteiger partial charge in [0.2, 0.25) is 0 Å². The second kappa shape index (κ2) is 5.47. The molecule has 1 aromatic rings. The molecule has 1 aliphatic carbocycles. The number of nitrogens with zero attached hydrogens (tertiary/aromatic N) is 2. The number of non-ortho nitro benzene ring substituents is 1. The molecule has 1 atom stereocenters. The summed E-state index contributed by atoms with van der Waals surface area (Å²) < 4.78 is 5.71. The molecule has 6 nitrogen and oxygen atoms in total. The predicted octanol–water partition coefficient (Wildman–Crippen LogP) is 2.17. The molecule has 0 saturated heterocycles. The van der Waals surface area contributed by atoms with Gasteiger partial charge < -0.3 is 4.74 Å². The lowest BCUT2D eigenvalue weighted by Crippen LogP contribution is -2.49. The first kappa shape index (κ1) is 14.3. The van der Waals surface area contributed by atoms with Gasteiger partial charge >= 0.3 is 0 Å². The Hall–Kier alpha value is -2.13. The molecule has 106 valence electrons. The van der Waals surface area contributed by atoms with Crippen LogP contribution < -0.4 is 10.1 Å². The summed E-state index contributed by atoms with van der Waals surface area (Å²) in [6, 6.07) is 6.77. The molecule has 20 heavy (non-hydrogen) atoms. The summed E-state index contributed by atoms with van der Waals surface area (Å²) in [5.74, 6) is 0.891. The maximum atomic E-state index is 10.7. The Labute approximate surface area is 117 Å². The number of aryl methyl sites for hydroxylation is 1. The highest BCUT2D eigenvalue weighted by molar-refractivity contribution is 5.43. The van der Waals surface area contributed by atoms with Crippen molar-refractivity contribution in [1.82, 2.24) is 5.32 Å². The monoisotopic (exact) mass is 275 g/mol. The molecule has 0 aromatic heterocycles. The largest absolute Gasteiger partial charge is 0.490 e. The van der Waals surface area contributed by atoms with Crippen molar-refractivity contribution in [3.63, 3.8) is 0 Å². The van der Waals surface area contributed by atoms with E-state index in [1.165, 1.54) is 12.1 Å². The van der Waals surface area contributed by atoms with Gasteiger partial charge in [0.15, 0.2) is 0 Å². The summed E-state index contributed by atoms with van der Waals surface area (Å²) in [6.07, 6.45) is 2.05. The number of hydrogen-bond donors (Lipinski definition) is 1. The van der Waals surface area contributed by atoms with E-state index in [2.05, 4.69) is 11.4 Å². The molecule has 6 heteroatoms. The minimum atomic E-state index is -0.672. The van der Waals surface area contributed by atoms with Crippen molar-refractivity contribution in [1.29, 1.82) is 5.26 Å². The standard InChI is InChI=1S/C14H17N3O3/c1-10-7-12(17(18)19)5-6-13(10)20-9-14(8-15,16-2)11-3-4-11/h5-7,11,16H,3-4,9H2,1-2H3. The Morgan fingerprint density at radius 3 is 2.75 bits per heavy atom. The van der Waals surface area contributed by atoms with Crippen LogP contribution in [0.25, 0.3) is 0 Å². The molecule has 0 radical (unpaired) electrons. The first-order chi connectivity index (χ1) is 9.52. The van der Waals surface area contributed by atoms with Gasteiger partial charge in [-0.2, -0.15) is 5.26 Å². The van der Waals surface area contributed by atoms with E-state index < -0.39 is 10.5 Å². The van der Waals surface area contributed by atoms with Crippen LogP contribution in [0, 0.1) is 34.3 Å². The lowest BCUT2D eigenvalue weighted by molar-refractivity contribution is -0.384. The van der Waals surface area contributed by atoms with E-state index in [0.717, 1.165) is 12.8 Å². The third kappa shape index (κ3) is 2.73. The normalized spacial score (nSPS) is 17.1. The van der Waals surface area contributed by atoms with E-state index in [1.807, 2.05) is 0 Å². The number of hydrogen-bond acceptors (Lipinski definition) is 5. The zero-order valence-corrected chi connectivity index (χ0v) is 11.5. The Morgan fingerprint density at radius 1 is 1.60 bits per heavy atom. The van der Waals surface area contributed by atoms with Crippen molar-refractivity contribution in [3.8, 4) is 11.8 Å². The summed E-state index contributed by atoms with van der Waals surface area (Å²) in [6.45, 7) is 2.00. The van der Waals surface area contributed by atoms with Crippen LogP contribution in [0.2, 0.25) is 0 Å². The number of ether oxygens (including phenoxy) is 1. The van der Waals surface area contributed by atoms with Crippen LogP contribution in [0.5, 0.6) is 5.75 Å². The van der Waals surface area contributed by atoms with Gasteiger partial charge in [-0.1, -0.05) is 0 Å². The maximum Gasteiger partial charge on any atom is 0.269 e. The summed E-state index contributed by atoms with van der Waals surface area (Å²) in [4.78, 5) is 10.2. The molecule has 1 aliphatic rings. The van der Waals surface area contributed by atoms with Gasteiger partial charge in [-0.15, -0.1) is 0 Å². The zero-order chi connectivity index (χ0) is 14.8. The third-order valence-electron chi connectivity index (χ3n) is 3.74. The summed E-state index contributed by atoms with van der Waals surface area (Å²) in [5.41, 5.74) is 0.0592. The van der Waals surface area contributed by atoms with Gasteiger partial charge in [-0.05, 0) is 44.4 Å². The van der Waals surface area contributed by atoms with E-state index >= 15 is 0 Å². The van der Waals surface area contributed by atoms with Crippen molar-refractivity contribution in [2.45, 2.75) is 25.3 Å². The van der Waals surface area contributed by atoms with Crippen LogP contribution in [0.15, 0.2) is 18.2 Å². The molecule has 0 bridgehead atoms. The number of likely N-dealkylation sites (N-methyl/N-ethyl adjacent to an activating group) is 1. The smallest absolute Gasteiger partial charge is 0.269 e. The van der Waals surface area contributed by atoms with Crippen molar-refractivity contribution in [2.75, 3.05) is 13.7 Å². The highest BCUT2D eigenvalue weighted by atomic mass is 16.6. The fraction of sp³-hybridized carbons (Fsp3) is 0.500. The molecule has 0 amide bonds. The average molecular weight is 275 g/mol. The molecule has 1 unspecified atom stereocenters. The lowest BCUT2D eigenvalue weighted by Gasteiger charge is -2.26. The number of nitrogens with one attached hydrogen (secondary N) is 1. The molecule has 1 aromatic carbocycles. The van der Waals surface area contributed by atoms with Crippen molar-refractivity contribution < 1.29 is 9.66 Å². The number of nitriles is 1. The fourth-order valence-electron chi connectivity index (χ4n) is 2.25. The van der Waals surface area contributed by atoms with Gasteiger partial charge in [0.1, 0.15) is 17.9 Å². The third-order valence-corrected chi connectivity index (χ3v) is 3.74. The molecular weight excluding hydrogens is 258 g/mol. The van der Waals surface area contributed by atoms with E-state index in [-0.39, 0.29) is 12.3 Å². The highest BCUT2D eigenvalue weighted by Gasteiger charge is 2.45. The first-order valence-electron chi connectivity index (χ1n) is 6.50. The molecule has 0 aliphatic heterocycles. The number of rotatable bonds is 6. The Balaban J connectivity index is 2.11. The fourth-order valence-corrected chi connectivity index (χ4v) is 2.25. The highest BCUT2D eigenvalue weighted by Crippen LogP contribution is 2.39. The Morgan fingerprint density at radius 2 is 2.30 bits per heavy atom. The lowest BCUT2D eigenvalue weighted by atomic mass is 9.96. The van der Waals surface area contributed by atoms with Crippen LogP contribution in [0.3, 0.4) is 0 Å². The van der Waals surface area contributed by atoms with E-state index in [4.69, 9.17) is 4.74 Å². The Bertz CT molecular complexity index is 563. The molecule has 2 rings (SSSR count). The van der Waals surface area contributed by atoms with Crippen molar-refractivity contribution >= 4 is 5.69 Å². The zero-order valence-electron chi connectivity index (χ0n) is 11.5. The van der Waals surface area contributed by atoms with E-state index in [0.29, 0.717) is 17.2 Å². The average Bonchev–Trinajstić information content (AvgIpc) is 3.26. The quantitative estimate of drug-likeness (QED) is 0.635.